The molecule has 1 aromatic heterocycles. The standard InChI is InChI=1S/C31H39N7O5/c1-31(2,32)30(42)35-24(20-43-19-23-12-7-4-8-13-23)28(40)36-26-17-37(21-34-26)18-27(39)38-15-9-14-25(38)29(41)33-16-22-10-5-3-6-11-22/h3-8,10-13,17,21,24-25H,9,14-16,18-20,32H2,1-2H3,(H,33,41)(H,35,42)(H,36,40)/t24-,25+/m1/s1. The monoisotopic (exact) mass is 589 g/mol. The third-order valence-electron chi connectivity index (χ3n) is 6.99. The lowest BCUT2D eigenvalue weighted by atomic mass is 10.1. The van der Waals surface area contributed by atoms with E-state index in [4.69, 9.17) is 10.5 Å². The van der Waals surface area contributed by atoms with Gasteiger partial charge in [0.15, 0.2) is 5.82 Å². The first-order valence-electron chi connectivity index (χ1n) is 14.3. The first-order valence-corrected chi connectivity index (χ1v) is 14.3. The number of imidazole rings is 1. The molecule has 0 spiro atoms. The van der Waals surface area contributed by atoms with E-state index >= 15 is 0 Å². The summed E-state index contributed by atoms with van der Waals surface area (Å²) in [4.78, 5) is 57.4. The van der Waals surface area contributed by atoms with Gasteiger partial charge in [0, 0.05) is 19.3 Å². The Bertz CT molecular complexity index is 1390. The quantitative estimate of drug-likeness (QED) is 0.235. The highest BCUT2D eigenvalue weighted by atomic mass is 16.5. The van der Waals surface area contributed by atoms with E-state index in [9.17, 15) is 19.2 Å². The lowest BCUT2D eigenvalue weighted by molar-refractivity contribution is -0.139. The number of rotatable bonds is 13. The number of nitrogens with two attached hydrogens (primary N) is 1. The lowest BCUT2D eigenvalue weighted by Gasteiger charge is -2.24. The molecule has 0 aliphatic carbocycles. The number of aromatic nitrogens is 2. The van der Waals surface area contributed by atoms with Gasteiger partial charge in [0.05, 0.1) is 25.1 Å². The molecule has 1 saturated heterocycles. The molecule has 1 fully saturated rings. The largest absolute Gasteiger partial charge is 0.374 e. The van der Waals surface area contributed by atoms with Gasteiger partial charge in [0.1, 0.15) is 18.6 Å². The van der Waals surface area contributed by atoms with Crippen molar-refractivity contribution in [2.75, 3.05) is 18.5 Å². The fourth-order valence-corrected chi connectivity index (χ4v) is 4.61. The Morgan fingerprint density at radius 3 is 2.40 bits per heavy atom. The van der Waals surface area contributed by atoms with Crippen LogP contribution in [0.4, 0.5) is 5.82 Å². The molecule has 12 nitrogen and oxygen atoms in total. The van der Waals surface area contributed by atoms with Crippen molar-refractivity contribution < 1.29 is 23.9 Å². The zero-order valence-electron chi connectivity index (χ0n) is 24.5. The van der Waals surface area contributed by atoms with E-state index in [1.807, 2.05) is 60.7 Å². The van der Waals surface area contributed by atoms with E-state index in [1.54, 1.807) is 18.7 Å². The normalized spacial score (nSPS) is 15.5. The highest BCUT2D eigenvalue weighted by Gasteiger charge is 2.34. The van der Waals surface area contributed by atoms with Gasteiger partial charge in [-0.25, -0.2) is 4.98 Å². The molecule has 0 saturated carbocycles. The predicted octanol–water partition coefficient (Wildman–Crippen LogP) is 1.57. The summed E-state index contributed by atoms with van der Waals surface area (Å²) < 4.78 is 7.26. The van der Waals surface area contributed by atoms with Crippen LogP contribution in [-0.4, -0.2) is 68.9 Å². The minimum absolute atomic E-state index is 0.0486. The molecule has 0 radical (unpaired) electrons. The Balaban J connectivity index is 1.32. The highest BCUT2D eigenvalue weighted by molar-refractivity contribution is 5.98. The van der Waals surface area contributed by atoms with Gasteiger partial charge in [-0.3, -0.25) is 19.2 Å². The van der Waals surface area contributed by atoms with Crippen molar-refractivity contribution in [3.05, 3.63) is 84.3 Å². The molecular weight excluding hydrogens is 550 g/mol. The zero-order chi connectivity index (χ0) is 30.8. The molecule has 3 aromatic rings. The number of anilines is 1. The Kier molecular flexibility index (Phi) is 10.6. The average Bonchev–Trinajstić information content (AvgIpc) is 3.66. The number of nitrogens with zero attached hydrogens (tertiary/aromatic N) is 3. The fourth-order valence-electron chi connectivity index (χ4n) is 4.61. The summed E-state index contributed by atoms with van der Waals surface area (Å²) in [5, 5.41) is 8.24. The van der Waals surface area contributed by atoms with Crippen LogP contribution in [0.25, 0.3) is 0 Å². The first-order chi connectivity index (χ1) is 20.6. The molecular formula is C31H39N7O5. The predicted molar refractivity (Wildman–Crippen MR) is 160 cm³/mol. The molecule has 4 amide bonds. The summed E-state index contributed by atoms with van der Waals surface area (Å²) in [6, 6.07) is 17.5. The Labute approximate surface area is 251 Å². The van der Waals surface area contributed by atoms with Crippen LogP contribution in [0.5, 0.6) is 0 Å². The van der Waals surface area contributed by atoms with E-state index in [-0.39, 0.29) is 37.4 Å². The molecule has 2 atom stereocenters. The van der Waals surface area contributed by atoms with Crippen LogP contribution in [0.15, 0.2) is 73.2 Å². The summed E-state index contributed by atoms with van der Waals surface area (Å²) in [6.07, 6.45) is 4.28. The average molecular weight is 590 g/mol. The van der Waals surface area contributed by atoms with Crippen molar-refractivity contribution in [3.63, 3.8) is 0 Å². The number of carbonyl (C=O) groups excluding carboxylic acids is 4. The molecule has 4 rings (SSSR count). The minimum Gasteiger partial charge on any atom is -0.374 e. The number of likely N-dealkylation sites (tertiary alicyclic amines) is 1. The van der Waals surface area contributed by atoms with Gasteiger partial charge in [-0.1, -0.05) is 60.7 Å². The molecule has 5 N–H and O–H groups in total. The lowest BCUT2D eigenvalue weighted by Crippen LogP contribution is -2.56. The SMILES string of the molecule is CC(C)(N)C(=O)N[C@H](COCc1ccccc1)C(=O)Nc1cn(CC(=O)N2CCC[C@H]2C(=O)NCc2ccccc2)cn1. The van der Waals surface area contributed by atoms with Crippen LogP contribution < -0.4 is 21.7 Å². The van der Waals surface area contributed by atoms with Crippen molar-refractivity contribution >= 4 is 29.4 Å². The summed E-state index contributed by atoms with van der Waals surface area (Å²) in [5.74, 6) is -1.27. The van der Waals surface area contributed by atoms with E-state index in [2.05, 4.69) is 20.9 Å². The Morgan fingerprint density at radius 1 is 1.05 bits per heavy atom. The third kappa shape index (κ3) is 9.22. The first kappa shape index (κ1) is 31.4. The number of hydrogen-bond acceptors (Lipinski definition) is 7. The van der Waals surface area contributed by atoms with Crippen LogP contribution in [0.3, 0.4) is 0 Å². The van der Waals surface area contributed by atoms with Gasteiger partial charge < -0.3 is 35.9 Å². The number of nitrogens with one attached hydrogen (secondary N) is 3. The maximum absolute atomic E-state index is 13.1. The number of hydrogen-bond donors (Lipinski definition) is 4. The molecule has 0 unspecified atom stereocenters. The van der Waals surface area contributed by atoms with Gasteiger partial charge >= 0.3 is 0 Å². The second-order valence-corrected chi connectivity index (χ2v) is 11.1. The number of amides is 4. The Morgan fingerprint density at radius 2 is 1.72 bits per heavy atom. The molecule has 2 aromatic carbocycles. The van der Waals surface area contributed by atoms with E-state index in [0.717, 1.165) is 17.5 Å². The maximum Gasteiger partial charge on any atom is 0.250 e. The van der Waals surface area contributed by atoms with Crippen molar-refractivity contribution in [1.29, 1.82) is 0 Å². The van der Waals surface area contributed by atoms with Crippen LogP contribution >= 0.6 is 0 Å². The van der Waals surface area contributed by atoms with Gasteiger partial charge in [-0.15, -0.1) is 0 Å². The van der Waals surface area contributed by atoms with Crippen molar-refractivity contribution in [2.24, 2.45) is 5.73 Å². The Hall–Kier alpha value is -4.55. The summed E-state index contributed by atoms with van der Waals surface area (Å²) in [5.41, 5.74) is 6.61. The fraction of sp³-hybridized carbons (Fsp3) is 0.387. The zero-order valence-corrected chi connectivity index (χ0v) is 24.5. The summed E-state index contributed by atoms with van der Waals surface area (Å²) >= 11 is 0. The van der Waals surface area contributed by atoms with Gasteiger partial charge in [-0.05, 0) is 37.8 Å². The van der Waals surface area contributed by atoms with Crippen LogP contribution in [0.2, 0.25) is 0 Å². The van der Waals surface area contributed by atoms with Crippen LogP contribution in [0, 0.1) is 0 Å². The van der Waals surface area contributed by atoms with E-state index in [0.29, 0.717) is 19.5 Å². The summed E-state index contributed by atoms with van der Waals surface area (Å²) in [6.45, 7) is 4.08. The molecule has 2 heterocycles. The number of benzene rings is 2. The van der Waals surface area contributed by atoms with Crippen molar-refractivity contribution in [2.45, 2.75) is 64.0 Å². The van der Waals surface area contributed by atoms with Crippen molar-refractivity contribution in [3.8, 4) is 0 Å². The number of ether oxygens (including phenoxy) is 1. The number of carbonyl (C=O) groups is 4. The van der Waals surface area contributed by atoms with Gasteiger partial charge in [-0.2, -0.15) is 0 Å². The maximum atomic E-state index is 13.1. The van der Waals surface area contributed by atoms with Crippen LogP contribution in [-0.2, 0) is 43.6 Å². The van der Waals surface area contributed by atoms with Crippen molar-refractivity contribution in [1.82, 2.24) is 25.1 Å². The molecule has 228 valence electrons. The van der Waals surface area contributed by atoms with Crippen LogP contribution in [0.1, 0.15) is 37.8 Å². The molecule has 1 aliphatic heterocycles. The highest BCUT2D eigenvalue weighted by Crippen LogP contribution is 2.19. The smallest absolute Gasteiger partial charge is 0.250 e. The van der Waals surface area contributed by atoms with E-state index in [1.165, 1.54) is 17.1 Å². The second kappa shape index (κ2) is 14.6. The van der Waals surface area contributed by atoms with Gasteiger partial charge in [0.25, 0.3) is 5.91 Å². The van der Waals surface area contributed by atoms with Gasteiger partial charge in [0.2, 0.25) is 17.7 Å². The van der Waals surface area contributed by atoms with E-state index < -0.39 is 29.4 Å². The molecule has 0 bridgehead atoms. The third-order valence-corrected chi connectivity index (χ3v) is 6.99. The topological polar surface area (TPSA) is 161 Å². The second-order valence-electron chi connectivity index (χ2n) is 11.1. The minimum atomic E-state index is -1.20. The summed E-state index contributed by atoms with van der Waals surface area (Å²) in [7, 11) is 0. The molecule has 12 heteroatoms. The molecule has 1 aliphatic rings. The molecule has 43 heavy (non-hydrogen) atoms.